The first kappa shape index (κ1) is 24.9. The van der Waals surface area contributed by atoms with Crippen molar-refractivity contribution in [3.05, 3.63) is 18.2 Å². The molecule has 0 bridgehead atoms. The number of aromatic amines is 1. The highest BCUT2D eigenvalue weighted by molar-refractivity contribution is 7.80. The Morgan fingerprint density at radius 3 is 2.37 bits per heavy atom. The summed E-state index contributed by atoms with van der Waals surface area (Å²) in [6.45, 7) is -0.573. The SMILES string of the molecule is NC(Cc1cnc[nH]1)C(=O)NC(CCC(=O)O)C(=O)NCC(=O)NC(CS)C(=O)O. The van der Waals surface area contributed by atoms with Crippen molar-refractivity contribution in [2.24, 2.45) is 5.73 Å². The Bertz CT molecular complexity index is 757. The van der Waals surface area contributed by atoms with Crippen LogP contribution in [0.25, 0.3) is 0 Å². The van der Waals surface area contributed by atoms with Gasteiger partial charge in [-0.15, -0.1) is 0 Å². The molecule has 3 amide bonds. The largest absolute Gasteiger partial charge is 0.481 e. The first-order valence-corrected chi connectivity index (χ1v) is 9.43. The molecule has 0 aliphatic heterocycles. The first-order chi connectivity index (χ1) is 14.1. The molecule has 166 valence electrons. The molecule has 30 heavy (non-hydrogen) atoms. The van der Waals surface area contributed by atoms with Gasteiger partial charge in [0.1, 0.15) is 12.1 Å². The highest BCUT2D eigenvalue weighted by atomic mass is 32.1. The van der Waals surface area contributed by atoms with Crippen molar-refractivity contribution in [1.82, 2.24) is 25.9 Å². The topological polar surface area (TPSA) is 217 Å². The van der Waals surface area contributed by atoms with E-state index in [4.69, 9.17) is 15.9 Å². The van der Waals surface area contributed by atoms with Crippen LogP contribution in [0.15, 0.2) is 12.5 Å². The van der Waals surface area contributed by atoms with E-state index >= 15 is 0 Å². The number of H-pyrrole nitrogens is 1. The van der Waals surface area contributed by atoms with Crippen molar-refractivity contribution in [2.45, 2.75) is 37.4 Å². The second-order valence-electron chi connectivity index (χ2n) is 6.24. The Balaban J connectivity index is 2.65. The number of hydrogen-bond acceptors (Lipinski definition) is 8. The Labute approximate surface area is 176 Å². The van der Waals surface area contributed by atoms with Gasteiger partial charge in [-0.25, -0.2) is 9.78 Å². The molecule has 0 radical (unpaired) electrons. The highest BCUT2D eigenvalue weighted by Crippen LogP contribution is 2.02. The maximum atomic E-state index is 12.3. The monoisotopic (exact) mass is 444 g/mol. The molecule has 0 aliphatic rings. The van der Waals surface area contributed by atoms with E-state index in [1.54, 1.807) is 0 Å². The van der Waals surface area contributed by atoms with Gasteiger partial charge in [0.25, 0.3) is 0 Å². The third kappa shape index (κ3) is 8.91. The smallest absolute Gasteiger partial charge is 0.327 e. The molecule has 1 aromatic heterocycles. The van der Waals surface area contributed by atoms with Gasteiger partial charge in [0.15, 0.2) is 0 Å². The van der Waals surface area contributed by atoms with Gasteiger partial charge in [-0.1, -0.05) is 0 Å². The lowest BCUT2D eigenvalue weighted by atomic mass is 10.1. The minimum Gasteiger partial charge on any atom is -0.481 e. The van der Waals surface area contributed by atoms with Crippen LogP contribution in [0.4, 0.5) is 0 Å². The number of carboxylic acids is 2. The molecule has 3 unspecified atom stereocenters. The lowest BCUT2D eigenvalue weighted by Crippen LogP contribution is -2.54. The van der Waals surface area contributed by atoms with E-state index in [-0.39, 0.29) is 18.6 Å². The standard InChI is InChI=1S/C16H24N6O7S/c17-9(3-8-4-18-7-20-8)14(26)22-10(1-2-13(24)25)15(27)19-5-12(23)21-11(6-30)16(28)29/h4,7,9-11,30H,1-3,5-6,17H2,(H,18,20)(H,19,27)(H,21,23)(H,22,26)(H,24,25)(H,28,29). The van der Waals surface area contributed by atoms with E-state index in [2.05, 4.69) is 38.5 Å². The van der Waals surface area contributed by atoms with Crippen LogP contribution in [0.5, 0.6) is 0 Å². The van der Waals surface area contributed by atoms with Crippen LogP contribution in [0.1, 0.15) is 18.5 Å². The van der Waals surface area contributed by atoms with Crippen LogP contribution in [0.3, 0.4) is 0 Å². The van der Waals surface area contributed by atoms with Crippen molar-refractivity contribution in [1.29, 1.82) is 0 Å². The van der Waals surface area contributed by atoms with Crippen LogP contribution in [-0.4, -0.2) is 80.3 Å². The second-order valence-corrected chi connectivity index (χ2v) is 6.60. The van der Waals surface area contributed by atoms with Crippen molar-refractivity contribution in [2.75, 3.05) is 12.3 Å². The number of aromatic nitrogens is 2. The molecule has 1 rings (SSSR count). The average Bonchev–Trinajstić information content (AvgIpc) is 3.19. The molecule has 14 heteroatoms. The summed E-state index contributed by atoms with van der Waals surface area (Å²) in [5.41, 5.74) is 6.39. The summed E-state index contributed by atoms with van der Waals surface area (Å²) in [7, 11) is 0. The average molecular weight is 444 g/mol. The molecule has 0 aliphatic carbocycles. The van der Waals surface area contributed by atoms with Gasteiger partial charge in [-0.05, 0) is 6.42 Å². The molecule has 0 spiro atoms. The number of amides is 3. The van der Waals surface area contributed by atoms with E-state index in [9.17, 15) is 24.0 Å². The molecule has 1 aromatic rings. The summed E-state index contributed by atoms with van der Waals surface area (Å²) in [6.07, 6.45) is 2.36. The van der Waals surface area contributed by atoms with Gasteiger partial charge in [-0.2, -0.15) is 12.6 Å². The summed E-state index contributed by atoms with van der Waals surface area (Å²) < 4.78 is 0. The number of rotatable bonds is 13. The van der Waals surface area contributed by atoms with Crippen LogP contribution in [0.2, 0.25) is 0 Å². The number of nitrogens with zero attached hydrogens (tertiary/aromatic N) is 1. The molecule has 0 saturated heterocycles. The maximum Gasteiger partial charge on any atom is 0.327 e. The number of hydrogen-bond donors (Lipinski definition) is 8. The fraction of sp³-hybridized carbons (Fsp3) is 0.500. The number of nitrogens with one attached hydrogen (secondary N) is 4. The Hall–Kier alpha value is -3.13. The number of aliphatic carboxylic acids is 2. The Kier molecular flexibility index (Phi) is 10.3. The van der Waals surface area contributed by atoms with Gasteiger partial charge < -0.3 is 36.9 Å². The zero-order valence-corrected chi connectivity index (χ0v) is 16.7. The predicted octanol–water partition coefficient (Wildman–Crippen LogP) is -2.76. The van der Waals surface area contributed by atoms with Crippen molar-refractivity contribution in [3.8, 4) is 0 Å². The van der Waals surface area contributed by atoms with Crippen LogP contribution in [-0.2, 0) is 30.4 Å². The molecule has 1 heterocycles. The number of nitrogens with two attached hydrogens (primary N) is 1. The van der Waals surface area contributed by atoms with Gasteiger partial charge in [-0.3, -0.25) is 19.2 Å². The van der Waals surface area contributed by atoms with Crippen LogP contribution < -0.4 is 21.7 Å². The van der Waals surface area contributed by atoms with E-state index in [0.29, 0.717) is 5.69 Å². The zero-order chi connectivity index (χ0) is 22.7. The van der Waals surface area contributed by atoms with E-state index in [1.165, 1.54) is 12.5 Å². The molecular weight excluding hydrogens is 420 g/mol. The summed E-state index contributed by atoms with van der Waals surface area (Å²) in [6, 6.07) is -3.52. The second kappa shape index (κ2) is 12.4. The summed E-state index contributed by atoms with van der Waals surface area (Å²) >= 11 is 3.80. The fourth-order valence-electron chi connectivity index (χ4n) is 2.26. The number of carboxylic acid groups (broad SMARTS) is 2. The third-order valence-electron chi connectivity index (χ3n) is 3.85. The number of carbonyl (C=O) groups excluding carboxylic acids is 3. The number of imidazole rings is 1. The van der Waals surface area contributed by atoms with Crippen molar-refractivity contribution >= 4 is 42.3 Å². The van der Waals surface area contributed by atoms with Gasteiger partial charge in [0.05, 0.1) is 18.9 Å². The molecule has 0 fully saturated rings. The maximum absolute atomic E-state index is 12.3. The van der Waals surface area contributed by atoms with Crippen molar-refractivity contribution in [3.63, 3.8) is 0 Å². The number of carbonyl (C=O) groups is 5. The fourth-order valence-corrected chi connectivity index (χ4v) is 2.51. The van der Waals surface area contributed by atoms with Crippen LogP contribution in [0, 0.1) is 0 Å². The molecule has 0 saturated carbocycles. The van der Waals surface area contributed by atoms with Gasteiger partial charge in [0, 0.05) is 30.5 Å². The molecule has 3 atom stereocenters. The Morgan fingerprint density at radius 2 is 1.83 bits per heavy atom. The minimum atomic E-state index is -1.29. The quantitative estimate of drug-likeness (QED) is 0.148. The third-order valence-corrected chi connectivity index (χ3v) is 4.22. The summed E-state index contributed by atoms with van der Waals surface area (Å²) in [4.78, 5) is 64.7. The number of thiol groups is 1. The normalized spacial score (nSPS) is 13.5. The van der Waals surface area contributed by atoms with Gasteiger partial charge >= 0.3 is 11.9 Å². The summed E-state index contributed by atoms with van der Waals surface area (Å²) in [5.74, 6) is -4.92. The lowest BCUT2D eigenvalue weighted by Gasteiger charge is -2.20. The van der Waals surface area contributed by atoms with Crippen LogP contribution >= 0.6 is 12.6 Å². The molecule has 13 nitrogen and oxygen atoms in total. The molecule has 8 N–H and O–H groups in total. The Morgan fingerprint density at radius 1 is 1.13 bits per heavy atom. The molecule has 0 aromatic carbocycles. The zero-order valence-electron chi connectivity index (χ0n) is 15.8. The van der Waals surface area contributed by atoms with E-state index in [0.717, 1.165) is 0 Å². The minimum absolute atomic E-state index is 0.113. The lowest BCUT2D eigenvalue weighted by molar-refractivity contribution is -0.141. The first-order valence-electron chi connectivity index (χ1n) is 8.79. The van der Waals surface area contributed by atoms with E-state index < -0.39 is 60.8 Å². The van der Waals surface area contributed by atoms with E-state index in [1.807, 2.05) is 0 Å². The molecular formula is C16H24N6O7S. The summed E-state index contributed by atoms with van der Waals surface area (Å²) in [5, 5.41) is 24.5. The van der Waals surface area contributed by atoms with Crippen molar-refractivity contribution < 1.29 is 34.2 Å². The van der Waals surface area contributed by atoms with Gasteiger partial charge in [0.2, 0.25) is 17.7 Å². The predicted molar refractivity (Wildman–Crippen MR) is 105 cm³/mol. The highest BCUT2D eigenvalue weighted by Gasteiger charge is 2.26.